The number of hydrogen-bond donors (Lipinski definition) is 0. The van der Waals surface area contributed by atoms with Gasteiger partial charge >= 0.3 is 0 Å². The van der Waals surface area contributed by atoms with Gasteiger partial charge in [0.05, 0.1) is 5.69 Å². The first-order chi connectivity index (χ1) is 7.13. The first-order valence-corrected chi connectivity index (χ1v) is 5.21. The van der Waals surface area contributed by atoms with Gasteiger partial charge in [0.15, 0.2) is 0 Å². The molecule has 0 radical (unpaired) electrons. The Morgan fingerprint density at radius 1 is 1.60 bits per heavy atom. The lowest BCUT2D eigenvalue weighted by Gasteiger charge is -2.07. The average Bonchev–Trinajstić information content (AvgIpc) is 2.20. The van der Waals surface area contributed by atoms with Crippen LogP contribution in [0.15, 0.2) is 53.9 Å². The molecule has 0 saturated carbocycles. The van der Waals surface area contributed by atoms with Gasteiger partial charge in [0.25, 0.3) is 0 Å². The second-order valence-electron chi connectivity index (χ2n) is 2.90. The van der Waals surface area contributed by atoms with E-state index in [1.54, 1.807) is 24.4 Å². The van der Waals surface area contributed by atoms with Gasteiger partial charge in [0.1, 0.15) is 11.5 Å². The Kier molecular flexibility index (Phi) is 4.31. The van der Waals surface area contributed by atoms with E-state index in [2.05, 4.69) is 34.1 Å². The number of ether oxygens (including phenoxy) is 1. The summed E-state index contributed by atoms with van der Waals surface area (Å²) in [4.78, 5) is 4.15. The monoisotopic (exact) mass is 265 g/mol. The molecule has 0 bridgehead atoms. The smallest absolute Gasteiger partial charge is 0.149 e. The molecule has 0 aromatic carbocycles. The molecule has 3 heteroatoms. The average molecular weight is 266 g/mol. The molecule has 0 aliphatic rings. The van der Waals surface area contributed by atoms with Crippen molar-refractivity contribution >= 4 is 15.9 Å². The quantitative estimate of drug-likeness (QED) is 0.611. The summed E-state index contributed by atoms with van der Waals surface area (Å²) in [6.45, 7) is 9.21. The molecule has 0 fully saturated rings. The third-order valence-corrected chi connectivity index (χ3v) is 2.10. The maximum absolute atomic E-state index is 5.51. The minimum Gasteiger partial charge on any atom is -0.456 e. The first kappa shape index (κ1) is 11.7. The zero-order chi connectivity index (χ0) is 11.3. The largest absolute Gasteiger partial charge is 0.456 e. The highest BCUT2D eigenvalue weighted by Gasteiger charge is 2.02. The molecular formula is C12H12BrNO. The molecule has 0 amide bonds. The lowest BCUT2D eigenvalue weighted by Crippen LogP contribution is -1.94. The molecule has 15 heavy (non-hydrogen) atoms. The summed E-state index contributed by atoms with van der Waals surface area (Å²) in [6.07, 6.45) is 6.90. The SMILES string of the molecule is C=C/C=C\C(=C)Oc1cc(Br)cnc1C. The van der Waals surface area contributed by atoms with Gasteiger partial charge in [-0.3, -0.25) is 4.98 Å². The highest BCUT2D eigenvalue weighted by molar-refractivity contribution is 9.10. The molecule has 1 aromatic heterocycles. The predicted molar refractivity (Wildman–Crippen MR) is 65.8 cm³/mol. The maximum atomic E-state index is 5.51. The van der Waals surface area contributed by atoms with Crippen molar-refractivity contribution in [2.75, 3.05) is 0 Å². The van der Waals surface area contributed by atoms with Crippen LogP contribution in [0, 0.1) is 6.92 Å². The molecule has 1 aromatic rings. The Hall–Kier alpha value is -1.35. The van der Waals surface area contributed by atoms with Crippen LogP contribution in [-0.2, 0) is 0 Å². The van der Waals surface area contributed by atoms with Crippen LogP contribution in [0.1, 0.15) is 5.69 Å². The van der Waals surface area contributed by atoms with E-state index in [1.165, 1.54) is 0 Å². The lowest BCUT2D eigenvalue weighted by atomic mass is 10.3. The Morgan fingerprint density at radius 2 is 2.33 bits per heavy atom. The first-order valence-electron chi connectivity index (χ1n) is 4.41. The van der Waals surface area contributed by atoms with Crippen LogP contribution in [-0.4, -0.2) is 4.98 Å². The second kappa shape index (κ2) is 5.51. The Balaban J connectivity index is 2.80. The summed E-state index contributed by atoms with van der Waals surface area (Å²) in [6, 6.07) is 1.86. The molecule has 0 N–H and O–H groups in total. The second-order valence-corrected chi connectivity index (χ2v) is 3.82. The summed E-state index contributed by atoms with van der Waals surface area (Å²) in [5, 5.41) is 0. The van der Waals surface area contributed by atoms with Gasteiger partial charge in [0, 0.05) is 10.7 Å². The highest BCUT2D eigenvalue weighted by atomic mass is 79.9. The van der Waals surface area contributed by atoms with E-state index in [9.17, 15) is 0 Å². The summed E-state index contributed by atoms with van der Waals surface area (Å²) < 4.78 is 6.38. The number of aromatic nitrogens is 1. The number of hydrogen-bond acceptors (Lipinski definition) is 2. The molecule has 0 aliphatic carbocycles. The van der Waals surface area contributed by atoms with E-state index < -0.39 is 0 Å². The van der Waals surface area contributed by atoms with Crippen molar-refractivity contribution in [2.45, 2.75) is 6.92 Å². The van der Waals surface area contributed by atoms with E-state index in [4.69, 9.17) is 4.74 Å². The van der Waals surface area contributed by atoms with Crippen LogP contribution in [0.5, 0.6) is 5.75 Å². The number of allylic oxidation sites excluding steroid dienone is 3. The molecule has 0 aliphatic heterocycles. The van der Waals surface area contributed by atoms with Crippen molar-refractivity contribution in [3.8, 4) is 5.75 Å². The normalized spacial score (nSPS) is 10.3. The van der Waals surface area contributed by atoms with Crippen LogP contribution in [0.3, 0.4) is 0 Å². The predicted octanol–water partition coefficient (Wildman–Crippen LogP) is 3.79. The number of nitrogens with zero attached hydrogens (tertiary/aromatic N) is 1. The fourth-order valence-electron chi connectivity index (χ4n) is 0.943. The van der Waals surface area contributed by atoms with Crippen molar-refractivity contribution < 1.29 is 4.74 Å². The van der Waals surface area contributed by atoms with Crippen LogP contribution >= 0.6 is 15.9 Å². The molecule has 0 atom stereocenters. The number of rotatable bonds is 4. The van der Waals surface area contributed by atoms with Crippen LogP contribution in [0.2, 0.25) is 0 Å². The highest BCUT2D eigenvalue weighted by Crippen LogP contribution is 2.22. The molecule has 2 nitrogen and oxygen atoms in total. The number of pyridine rings is 1. The van der Waals surface area contributed by atoms with Crippen molar-refractivity contribution in [3.05, 3.63) is 59.6 Å². The number of halogens is 1. The van der Waals surface area contributed by atoms with Crippen molar-refractivity contribution in [1.29, 1.82) is 0 Å². The zero-order valence-corrected chi connectivity index (χ0v) is 10.1. The zero-order valence-electron chi connectivity index (χ0n) is 8.53. The third-order valence-electron chi connectivity index (χ3n) is 1.67. The summed E-state index contributed by atoms with van der Waals surface area (Å²) in [7, 11) is 0. The van der Waals surface area contributed by atoms with Crippen LogP contribution in [0.25, 0.3) is 0 Å². The van der Waals surface area contributed by atoms with E-state index in [0.717, 1.165) is 10.2 Å². The molecule has 1 rings (SSSR count). The molecule has 1 heterocycles. The van der Waals surface area contributed by atoms with E-state index in [-0.39, 0.29) is 0 Å². The van der Waals surface area contributed by atoms with E-state index >= 15 is 0 Å². The van der Waals surface area contributed by atoms with E-state index in [0.29, 0.717) is 11.5 Å². The fraction of sp³-hybridized carbons (Fsp3) is 0.0833. The molecule has 78 valence electrons. The van der Waals surface area contributed by atoms with Gasteiger partial charge in [0.2, 0.25) is 0 Å². The van der Waals surface area contributed by atoms with Gasteiger partial charge in [-0.05, 0) is 35.0 Å². The van der Waals surface area contributed by atoms with Gasteiger partial charge in [-0.15, -0.1) is 0 Å². The summed E-state index contributed by atoms with van der Waals surface area (Å²) in [5.74, 6) is 1.25. The topological polar surface area (TPSA) is 22.1 Å². The van der Waals surface area contributed by atoms with Crippen LogP contribution < -0.4 is 4.74 Å². The van der Waals surface area contributed by atoms with Gasteiger partial charge in [-0.1, -0.05) is 25.3 Å². The molecule has 0 spiro atoms. The minimum atomic E-state index is 0.554. The van der Waals surface area contributed by atoms with Gasteiger partial charge < -0.3 is 4.74 Å². The maximum Gasteiger partial charge on any atom is 0.149 e. The Morgan fingerprint density at radius 3 is 3.00 bits per heavy atom. The Labute approximate surface area is 98.1 Å². The molecule has 0 unspecified atom stereocenters. The van der Waals surface area contributed by atoms with Crippen molar-refractivity contribution in [2.24, 2.45) is 0 Å². The molecule has 0 saturated heterocycles. The van der Waals surface area contributed by atoms with Gasteiger partial charge in [-0.2, -0.15) is 0 Å². The van der Waals surface area contributed by atoms with E-state index in [1.807, 2.05) is 13.0 Å². The molecular weight excluding hydrogens is 254 g/mol. The standard InChI is InChI=1S/C12H12BrNO/c1-4-5-6-9(2)15-12-7-11(13)8-14-10(12)3/h4-8H,1-2H2,3H3/b6-5-. The van der Waals surface area contributed by atoms with Crippen molar-refractivity contribution in [1.82, 2.24) is 4.98 Å². The summed E-state index contributed by atoms with van der Waals surface area (Å²) in [5.41, 5.74) is 0.825. The fourth-order valence-corrected chi connectivity index (χ4v) is 1.25. The minimum absolute atomic E-state index is 0.554. The van der Waals surface area contributed by atoms with Gasteiger partial charge in [-0.25, -0.2) is 0 Å². The Bertz CT molecular complexity index is 410. The lowest BCUT2D eigenvalue weighted by molar-refractivity contribution is 0.440. The van der Waals surface area contributed by atoms with Crippen molar-refractivity contribution in [3.63, 3.8) is 0 Å². The van der Waals surface area contributed by atoms with Crippen LogP contribution in [0.4, 0.5) is 0 Å². The number of aryl methyl sites for hydroxylation is 1. The third kappa shape index (κ3) is 3.72. The summed E-state index contributed by atoms with van der Waals surface area (Å²) >= 11 is 3.33.